The molecule has 0 saturated carbocycles. The summed E-state index contributed by atoms with van der Waals surface area (Å²) in [6, 6.07) is 5.11. The molecule has 0 aliphatic rings. The summed E-state index contributed by atoms with van der Waals surface area (Å²) >= 11 is 0. The van der Waals surface area contributed by atoms with Gasteiger partial charge in [-0.3, -0.25) is 10.3 Å². The third kappa shape index (κ3) is 5.85. The molecular formula is C20H24LiN5O4. The van der Waals surface area contributed by atoms with Crippen LogP contribution in [0.25, 0.3) is 11.3 Å². The number of pyridine rings is 1. The molecule has 0 aliphatic carbocycles. The minimum absolute atomic E-state index is 0. The Morgan fingerprint density at radius 3 is 2.33 bits per heavy atom. The summed E-state index contributed by atoms with van der Waals surface area (Å²) < 4.78 is 6.80. The van der Waals surface area contributed by atoms with Gasteiger partial charge in [0.25, 0.3) is 0 Å². The Kier molecular flexibility index (Phi) is 8.23. The van der Waals surface area contributed by atoms with Gasteiger partial charge in [-0.25, -0.2) is 9.48 Å². The van der Waals surface area contributed by atoms with E-state index in [-0.39, 0.29) is 36.3 Å². The van der Waals surface area contributed by atoms with E-state index in [1.165, 1.54) is 17.8 Å². The Hall–Kier alpha value is -2.81. The van der Waals surface area contributed by atoms with Gasteiger partial charge in [0.15, 0.2) is 5.82 Å². The number of carbonyl (C=O) groups is 2. The van der Waals surface area contributed by atoms with Crippen LogP contribution >= 0.6 is 0 Å². The van der Waals surface area contributed by atoms with E-state index in [1.54, 1.807) is 32.9 Å². The fourth-order valence-electron chi connectivity index (χ4n) is 2.56. The predicted octanol–water partition coefficient (Wildman–Crippen LogP) is -0.398. The monoisotopic (exact) mass is 405 g/mol. The number of aromatic nitrogens is 3. The molecule has 0 radical (unpaired) electrons. The van der Waals surface area contributed by atoms with Crippen molar-refractivity contribution in [2.45, 2.75) is 59.1 Å². The second kappa shape index (κ2) is 9.79. The van der Waals surface area contributed by atoms with Crippen molar-refractivity contribution in [2.24, 2.45) is 0 Å². The molecule has 2 aromatic rings. The van der Waals surface area contributed by atoms with Crippen LogP contribution in [0.15, 0.2) is 18.3 Å². The Morgan fingerprint density at radius 1 is 1.27 bits per heavy atom. The average molecular weight is 405 g/mol. The molecule has 1 atom stereocenters. The van der Waals surface area contributed by atoms with Gasteiger partial charge in [0, 0.05) is 29.4 Å². The first-order chi connectivity index (χ1) is 13.4. The minimum Gasteiger partial charge on any atom is -0.549 e. The van der Waals surface area contributed by atoms with Crippen molar-refractivity contribution in [2.75, 3.05) is 5.32 Å². The van der Waals surface area contributed by atoms with E-state index in [9.17, 15) is 20.0 Å². The summed E-state index contributed by atoms with van der Waals surface area (Å²) in [5, 5.41) is 27.8. The second-order valence-electron chi connectivity index (χ2n) is 7.86. The van der Waals surface area contributed by atoms with Crippen LogP contribution in [0.4, 0.5) is 10.6 Å². The molecule has 1 N–H and O–H groups in total. The number of carboxylic acid groups (broad SMARTS) is 1. The molecule has 2 aromatic heterocycles. The Labute approximate surface area is 187 Å². The standard InChI is InChI=1S/C20H25N5O4.Li/c1-11(2)25-17(23-19(28)29-20(4,5)6)14(9-21)16(24-25)13-7-8-15(22-10-13)12(3)18(26)27;/h7-8,10-12H,1-6H3,(H,23,28)(H,26,27);/q;+1/p-1. The zero-order valence-electron chi connectivity index (χ0n) is 18.3. The third-order valence-corrected chi connectivity index (χ3v) is 3.99. The van der Waals surface area contributed by atoms with E-state index in [0.717, 1.165) is 0 Å². The van der Waals surface area contributed by atoms with Gasteiger partial charge in [0.1, 0.15) is 22.9 Å². The summed E-state index contributed by atoms with van der Waals surface area (Å²) in [4.78, 5) is 27.4. The van der Waals surface area contributed by atoms with E-state index in [2.05, 4.69) is 21.5 Å². The number of amides is 1. The summed E-state index contributed by atoms with van der Waals surface area (Å²) in [5.74, 6) is -1.87. The van der Waals surface area contributed by atoms with Crippen molar-refractivity contribution >= 4 is 17.9 Å². The van der Waals surface area contributed by atoms with Crippen LogP contribution in [-0.2, 0) is 9.53 Å². The second-order valence-corrected chi connectivity index (χ2v) is 7.86. The van der Waals surface area contributed by atoms with Crippen molar-refractivity contribution in [3.05, 3.63) is 29.6 Å². The largest absolute Gasteiger partial charge is 1.00 e. The molecule has 0 aromatic carbocycles. The minimum atomic E-state index is -1.23. The molecule has 1 unspecified atom stereocenters. The number of anilines is 1. The molecule has 0 bridgehead atoms. The van der Waals surface area contributed by atoms with Gasteiger partial charge < -0.3 is 14.6 Å². The number of hydrogen-bond donors (Lipinski definition) is 1. The van der Waals surface area contributed by atoms with Gasteiger partial charge in [-0.15, -0.1) is 0 Å². The predicted molar refractivity (Wildman–Crippen MR) is 104 cm³/mol. The first kappa shape index (κ1) is 25.2. The first-order valence-electron chi connectivity index (χ1n) is 9.14. The molecule has 2 rings (SSSR count). The normalized spacial score (nSPS) is 11.9. The quantitative estimate of drug-likeness (QED) is 0.669. The SMILES string of the molecule is CC(C(=O)[O-])c1ccc(-c2nn(C(C)C)c(NC(=O)OC(C)(C)C)c2C#N)cn1.[Li+]. The number of nitriles is 1. The third-order valence-electron chi connectivity index (χ3n) is 3.99. The van der Waals surface area contributed by atoms with E-state index in [4.69, 9.17) is 4.74 Å². The smallest absolute Gasteiger partial charge is 0.549 e. The topological polar surface area (TPSA) is 133 Å². The Bertz CT molecular complexity index is 955. The number of ether oxygens (including phenoxy) is 1. The van der Waals surface area contributed by atoms with Gasteiger partial charge >= 0.3 is 25.0 Å². The molecule has 0 aliphatic heterocycles. The van der Waals surface area contributed by atoms with Crippen LogP contribution in [0.1, 0.15) is 64.8 Å². The molecule has 2 heterocycles. The van der Waals surface area contributed by atoms with Crippen LogP contribution in [0.5, 0.6) is 0 Å². The van der Waals surface area contributed by atoms with Gasteiger partial charge in [-0.2, -0.15) is 10.4 Å². The molecule has 10 heteroatoms. The van der Waals surface area contributed by atoms with E-state index >= 15 is 0 Å². The zero-order chi connectivity index (χ0) is 21.9. The summed E-state index contributed by atoms with van der Waals surface area (Å²) in [6.45, 7) is 10.4. The number of nitrogens with zero attached hydrogens (tertiary/aromatic N) is 4. The number of carboxylic acids is 1. The number of hydrogen-bond acceptors (Lipinski definition) is 7. The molecule has 1 amide bonds. The van der Waals surface area contributed by atoms with Crippen LogP contribution in [0, 0.1) is 11.3 Å². The zero-order valence-corrected chi connectivity index (χ0v) is 18.3. The van der Waals surface area contributed by atoms with E-state index in [1.807, 2.05) is 13.8 Å². The molecule has 154 valence electrons. The Morgan fingerprint density at radius 2 is 1.90 bits per heavy atom. The van der Waals surface area contributed by atoms with Crippen LogP contribution < -0.4 is 29.3 Å². The molecule has 0 saturated heterocycles. The first-order valence-corrected chi connectivity index (χ1v) is 9.14. The van der Waals surface area contributed by atoms with Gasteiger partial charge in [0.05, 0.1) is 5.97 Å². The van der Waals surface area contributed by atoms with Crippen molar-refractivity contribution < 1.29 is 38.3 Å². The number of rotatable bonds is 5. The Balaban J connectivity index is 0.00000450. The average Bonchev–Trinajstić information content (AvgIpc) is 2.97. The van der Waals surface area contributed by atoms with Gasteiger partial charge in [0.2, 0.25) is 0 Å². The number of nitrogens with one attached hydrogen (secondary N) is 1. The van der Waals surface area contributed by atoms with Crippen molar-refractivity contribution in [3.8, 4) is 17.3 Å². The van der Waals surface area contributed by atoms with E-state index in [0.29, 0.717) is 17.0 Å². The maximum absolute atomic E-state index is 12.2. The molecule has 0 fully saturated rings. The maximum Gasteiger partial charge on any atom is 1.00 e. The molecule has 0 spiro atoms. The van der Waals surface area contributed by atoms with Crippen molar-refractivity contribution in [1.29, 1.82) is 5.26 Å². The molecule has 30 heavy (non-hydrogen) atoms. The van der Waals surface area contributed by atoms with E-state index < -0.39 is 23.6 Å². The summed E-state index contributed by atoms with van der Waals surface area (Å²) in [6.07, 6.45) is 0.749. The van der Waals surface area contributed by atoms with Gasteiger partial charge in [-0.05, 0) is 46.8 Å². The number of carbonyl (C=O) groups excluding carboxylic acids is 2. The van der Waals surface area contributed by atoms with Crippen molar-refractivity contribution in [3.63, 3.8) is 0 Å². The molecule has 9 nitrogen and oxygen atoms in total. The number of aliphatic carboxylic acids is 1. The van der Waals surface area contributed by atoms with Crippen LogP contribution in [0.2, 0.25) is 0 Å². The van der Waals surface area contributed by atoms with Crippen LogP contribution in [0.3, 0.4) is 0 Å². The summed E-state index contributed by atoms with van der Waals surface area (Å²) in [5.41, 5.74) is 0.641. The fourth-order valence-corrected chi connectivity index (χ4v) is 2.56. The van der Waals surface area contributed by atoms with Crippen LogP contribution in [-0.4, -0.2) is 32.4 Å². The summed E-state index contributed by atoms with van der Waals surface area (Å²) in [7, 11) is 0. The van der Waals surface area contributed by atoms with Crippen molar-refractivity contribution in [1.82, 2.24) is 14.8 Å². The molecular weight excluding hydrogens is 381 g/mol. The fraction of sp³-hybridized carbons (Fsp3) is 0.450. The maximum atomic E-state index is 12.2. The van der Waals surface area contributed by atoms with Gasteiger partial charge in [-0.1, -0.05) is 6.92 Å².